The van der Waals surface area contributed by atoms with E-state index in [4.69, 9.17) is 9.47 Å². The van der Waals surface area contributed by atoms with Gasteiger partial charge in [0.2, 0.25) is 0 Å². The first-order valence-corrected chi connectivity index (χ1v) is 6.98. The van der Waals surface area contributed by atoms with Crippen molar-refractivity contribution in [2.75, 3.05) is 32.6 Å². The molecule has 0 unspecified atom stereocenters. The highest BCUT2D eigenvalue weighted by molar-refractivity contribution is 8.00. The predicted molar refractivity (Wildman–Crippen MR) is 65.4 cm³/mol. The second-order valence-corrected chi connectivity index (χ2v) is 5.13. The molecule has 1 fully saturated rings. The highest BCUT2D eigenvalue weighted by Gasteiger charge is 2.41. The van der Waals surface area contributed by atoms with Gasteiger partial charge in [0.25, 0.3) is 0 Å². The average molecular weight is 233 g/mol. The van der Waals surface area contributed by atoms with Gasteiger partial charge in [-0.05, 0) is 32.9 Å². The molecule has 1 saturated carbocycles. The van der Waals surface area contributed by atoms with Crippen LogP contribution < -0.4 is 5.32 Å². The zero-order chi connectivity index (χ0) is 11.1. The first-order chi connectivity index (χ1) is 7.26. The van der Waals surface area contributed by atoms with Gasteiger partial charge in [-0.1, -0.05) is 0 Å². The summed E-state index contributed by atoms with van der Waals surface area (Å²) in [5, 5.41) is 3.44. The molecule has 0 aromatic rings. The molecule has 0 spiro atoms. The van der Waals surface area contributed by atoms with Gasteiger partial charge < -0.3 is 14.8 Å². The van der Waals surface area contributed by atoms with Gasteiger partial charge in [-0.3, -0.25) is 0 Å². The number of thioether (sulfide) groups is 1. The van der Waals surface area contributed by atoms with Crippen LogP contribution in [-0.2, 0) is 9.47 Å². The molecule has 3 nitrogen and oxygen atoms in total. The largest absolute Gasteiger partial charge is 0.352 e. The molecule has 1 aliphatic carbocycles. The Morgan fingerprint density at radius 1 is 1.27 bits per heavy atom. The molecule has 0 aromatic heterocycles. The number of nitrogens with one attached hydrogen (secondary N) is 1. The van der Waals surface area contributed by atoms with Crippen LogP contribution >= 0.6 is 11.8 Å². The molecule has 0 amide bonds. The van der Waals surface area contributed by atoms with E-state index < -0.39 is 0 Å². The Bertz CT molecular complexity index is 168. The van der Waals surface area contributed by atoms with E-state index in [2.05, 4.69) is 11.6 Å². The Labute approximate surface area is 97.3 Å². The summed E-state index contributed by atoms with van der Waals surface area (Å²) in [7, 11) is 0. The number of rotatable bonds is 9. The standard InChI is InChI=1S/C11H23NO2S/c1-4-13-10(14-5-2)8-12-9-11(15-3)6-7-11/h10,12H,4-9H2,1-3H3. The summed E-state index contributed by atoms with van der Waals surface area (Å²) in [5.74, 6) is 0. The van der Waals surface area contributed by atoms with E-state index in [9.17, 15) is 0 Å². The summed E-state index contributed by atoms with van der Waals surface area (Å²) in [6.45, 7) is 7.28. The molecule has 0 saturated heterocycles. The first-order valence-electron chi connectivity index (χ1n) is 5.75. The topological polar surface area (TPSA) is 30.5 Å². The van der Waals surface area contributed by atoms with E-state index in [-0.39, 0.29) is 6.29 Å². The van der Waals surface area contributed by atoms with Crippen molar-refractivity contribution in [2.45, 2.75) is 37.7 Å². The molecular weight excluding hydrogens is 210 g/mol. The molecule has 0 radical (unpaired) electrons. The van der Waals surface area contributed by atoms with Crippen LogP contribution in [0, 0.1) is 0 Å². The summed E-state index contributed by atoms with van der Waals surface area (Å²) in [6, 6.07) is 0. The van der Waals surface area contributed by atoms with E-state index in [0.29, 0.717) is 18.0 Å². The van der Waals surface area contributed by atoms with Crippen molar-refractivity contribution >= 4 is 11.8 Å². The van der Waals surface area contributed by atoms with E-state index in [1.165, 1.54) is 12.8 Å². The third kappa shape index (κ3) is 4.72. The fourth-order valence-electron chi connectivity index (χ4n) is 1.55. The van der Waals surface area contributed by atoms with Crippen molar-refractivity contribution in [3.05, 3.63) is 0 Å². The number of hydrogen-bond acceptors (Lipinski definition) is 4. The summed E-state index contributed by atoms with van der Waals surface area (Å²) < 4.78 is 11.4. The minimum atomic E-state index is -0.0855. The highest BCUT2D eigenvalue weighted by Crippen LogP contribution is 2.46. The lowest BCUT2D eigenvalue weighted by molar-refractivity contribution is -0.132. The molecule has 1 aliphatic rings. The molecule has 0 aliphatic heterocycles. The second kappa shape index (κ2) is 6.74. The Kier molecular flexibility index (Phi) is 5.97. The van der Waals surface area contributed by atoms with Crippen LogP contribution in [0.5, 0.6) is 0 Å². The highest BCUT2D eigenvalue weighted by atomic mass is 32.2. The van der Waals surface area contributed by atoms with E-state index >= 15 is 0 Å². The van der Waals surface area contributed by atoms with Crippen LogP contribution in [0.4, 0.5) is 0 Å². The number of ether oxygens (including phenoxy) is 2. The van der Waals surface area contributed by atoms with Crippen molar-refractivity contribution < 1.29 is 9.47 Å². The van der Waals surface area contributed by atoms with Crippen LogP contribution in [0.25, 0.3) is 0 Å². The molecular formula is C11H23NO2S. The quantitative estimate of drug-likeness (QED) is 0.616. The van der Waals surface area contributed by atoms with Crippen LogP contribution in [-0.4, -0.2) is 43.6 Å². The van der Waals surface area contributed by atoms with Gasteiger partial charge in [0.15, 0.2) is 6.29 Å². The zero-order valence-corrected chi connectivity index (χ0v) is 10.9. The van der Waals surface area contributed by atoms with Crippen LogP contribution in [0.2, 0.25) is 0 Å². The Hall–Kier alpha value is 0.230. The third-order valence-corrected chi connectivity index (χ3v) is 4.12. The summed E-state index contributed by atoms with van der Waals surface area (Å²) in [6.07, 6.45) is 4.79. The Morgan fingerprint density at radius 2 is 1.87 bits per heavy atom. The monoisotopic (exact) mass is 233 g/mol. The smallest absolute Gasteiger partial charge is 0.169 e. The average Bonchev–Trinajstić information content (AvgIpc) is 2.99. The minimum absolute atomic E-state index is 0.0855. The Balaban J connectivity index is 2.10. The third-order valence-electron chi connectivity index (χ3n) is 2.70. The Morgan fingerprint density at radius 3 is 2.27 bits per heavy atom. The molecule has 1 rings (SSSR count). The van der Waals surface area contributed by atoms with Gasteiger partial charge in [0.1, 0.15) is 0 Å². The first kappa shape index (κ1) is 13.3. The SMILES string of the molecule is CCOC(CNCC1(SC)CC1)OCC. The molecule has 1 N–H and O–H groups in total. The normalized spacial score (nSPS) is 18.4. The fraction of sp³-hybridized carbons (Fsp3) is 1.00. The maximum Gasteiger partial charge on any atom is 0.169 e. The van der Waals surface area contributed by atoms with Gasteiger partial charge in [-0.15, -0.1) is 0 Å². The van der Waals surface area contributed by atoms with Crippen LogP contribution in [0.15, 0.2) is 0 Å². The lowest BCUT2D eigenvalue weighted by Gasteiger charge is -2.19. The lowest BCUT2D eigenvalue weighted by atomic mass is 10.4. The van der Waals surface area contributed by atoms with Crippen LogP contribution in [0.3, 0.4) is 0 Å². The van der Waals surface area contributed by atoms with Crippen molar-refractivity contribution in [2.24, 2.45) is 0 Å². The summed E-state index contributed by atoms with van der Waals surface area (Å²) in [5.41, 5.74) is 0. The van der Waals surface area contributed by atoms with Crippen molar-refractivity contribution in [3.63, 3.8) is 0 Å². The second-order valence-electron chi connectivity index (χ2n) is 3.86. The van der Waals surface area contributed by atoms with Crippen LogP contribution in [0.1, 0.15) is 26.7 Å². The van der Waals surface area contributed by atoms with E-state index in [1.54, 1.807) is 0 Å². The van der Waals surface area contributed by atoms with Crippen molar-refractivity contribution in [3.8, 4) is 0 Å². The van der Waals surface area contributed by atoms with Crippen molar-refractivity contribution in [1.82, 2.24) is 5.32 Å². The lowest BCUT2D eigenvalue weighted by Crippen LogP contribution is -2.35. The van der Waals surface area contributed by atoms with E-state index in [0.717, 1.165) is 13.1 Å². The molecule has 0 aromatic carbocycles. The zero-order valence-electron chi connectivity index (χ0n) is 10.0. The number of hydrogen-bond donors (Lipinski definition) is 1. The molecule has 4 heteroatoms. The minimum Gasteiger partial charge on any atom is -0.352 e. The van der Waals surface area contributed by atoms with Gasteiger partial charge >= 0.3 is 0 Å². The maximum atomic E-state index is 5.46. The summed E-state index contributed by atoms with van der Waals surface area (Å²) in [4.78, 5) is 0. The summed E-state index contributed by atoms with van der Waals surface area (Å²) >= 11 is 1.97. The van der Waals surface area contributed by atoms with Gasteiger partial charge in [0, 0.05) is 31.1 Å². The molecule has 90 valence electrons. The molecule has 0 bridgehead atoms. The van der Waals surface area contributed by atoms with Gasteiger partial charge in [-0.25, -0.2) is 0 Å². The van der Waals surface area contributed by atoms with Crippen molar-refractivity contribution in [1.29, 1.82) is 0 Å². The maximum absolute atomic E-state index is 5.46. The predicted octanol–water partition coefficient (Wildman–Crippen LogP) is 1.87. The molecule has 0 heterocycles. The van der Waals surface area contributed by atoms with E-state index in [1.807, 2.05) is 25.6 Å². The van der Waals surface area contributed by atoms with Gasteiger partial charge in [0.05, 0.1) is 0 Å². The fourth-order valence-corrected chi connectivity index (χ4v) is 2.30. The molecule has 15 heavy (non-hydrogen) atoms. The molecule has 0 atom stereocenters. The van der Waals surface area contributed by atoms with Gasteiger partial charge in [-0.2, -0.15) is 11.8 Å².